The van der Waals surface area contributed by atoms with E-state index in [9.17, 15) is 19.5 Å². The number of fused-ring (bicyclic) bond motifs is 3. The molecule has 3 rings (SSSR count). The van der Waals surface area contributed by atoms with Crippen molar-refractivity contribution < 1.29 is 29.3 Å². The summed E-state index contributed by atoms with van der Waals surface area (Å²) in [6, 6.07) is 15.5. The molecule has 0 spiro atoms. The minimum atomic E-state index is -1.78. The molecule has 0 saturated heterocycles. The highest BCUT2D eigenvalue weighted by Crippen LogP contribution is 2.44. The van der Waals surface area contributed by atoms with Crippen LogP contribution in [-0.2, 0) is 14.3 Å². The lowest BCUT2D eigenvalue weighted by Crippen LogP contribution is -2.55. The number of hydrogen-bond donors (Lipinski definition) is 4. The summed E-state index contributed by atoms with van der Waals surface area (Å²) in [6.07, 6.45) is -0.334. The standard InChI is InChI=1S/C24H28N2O6/c1-3-15(12-21(28)26-24(2,14-27)22(29)30)25-23(31)32-13-20-18-10-6-4-8-16(18)17-9-5-7-11-19(17)20/h4-11,15,20,27H,3,12-14H2,1-2H3,(H,25,31)(H,26,28)(H,29,30)/t15-,24?/m0/s1. The fourth-order valence-electron chi connectivity index (χ4n) is 3.85. The van der Waals surface area contributed by atoms with Gasteiger partial charge >= 0.3 is 12.1 Å². The number of nitrogens with one attached hydrogen (secondary N) is 2. The second kappa shape index (κ2) is 9.82. The van der Waals surface area contributed by atoms with Gasteiger partial charge in [0.05, 0.1) is 6.61 Å². The Hall–Kier alpha value is -3.39. The minimum absolute atomic E-state index is 0.0719. The first-order valence-corrected chi connectivity index (χ1v) is 10.6. The third-order valence-electron chi connectivity index (χ3n) is 5.79. The number of benzene rings is 2. The van der Waals surface area contributed by atoms with Gasteiger partial charge in [0.2, 0.25) is 5.91 Å². The Morgan fingerprint density at radius 1 is 1.06 bits per heavy atom. The van der Waals surface area contributed by atoms with Gasteiger partial charge in [-0.3, -0.25) is 4.79 Å². The van der Waals surface area contributed by atoms with Crippen molar-refractivity contribution in [3.8, 4) is 11.1 Å². The molecule has 8 heteroatoms. The zero-order valence-electron chi connectivity index (χ0n) is 18.1. The number of aliphatic hydroxyl groups excluding tert-OH is 1. The van der Waals surface area contributed by atoms with Gasteiger partial charge in [-0.05, 0) is 35.6 Å². The maximum absolute atomic E-state index is 12.4. The summed E-state index contributed by atoms with van der Waals surface area (Å²) in [6.45, 7) is 2.42. The molecule has 2 amide bonds. The van der Waals surface area contributed by atoms with Crippen LogP contribution in [0.1, 0.15) is 43.7 Å². The largest absolute Gasteiger partial charge is 0.479 e. The minimum Gasteiger partial charge on any atom is -0.479 e. The number of carbonyl (C=O) groups excluding carboxylic acids is 2. The fraction of sp³-hybridized carbons (Fsp3) is 0.375. The molecule has 2 aromatic carbocycles. The van der Waals surface area contributed by atoms with Crippen LogP contribution in [0, 0.1) is 0 Å². The zero-order chi connectivity index (χ0) is 23.3. The fourth-order valence-corrected chi connectivity index (χ4v) is 3.85. The number of rotatable bonds is 9. The van der Waals surface area contributed by atoms with Crippen LogP contribution < -0.4 is 10.6 Å². The number of carboxylic acids is 1. The Balaban J connectivity index is 1.58. The summed E-state index contributed by atoms with van der Waals surface area (Å²) >= 11 is 0. The van der Waals surface area contributed by atoms with Crippen LogP contribution in [0.4, 0.5) is 4.79 Å². The smallest absolute Gasteiger partial charge is 0.407 e. The maximum atomic E-state index is 12.4. The zero-order valence-corrected chi connectivity index (χ0v) is 18.1. The summed E-state index contributed by atoms with van der Waals surface area (Å²) in [4.78, 5) is 35.9. The monoisotopic (exact) mass is 440 g/mol. The van der Waals surface area contributed by atoms with Crippen LogP contribution >= 0.6 is 0 Å². The van der Waals surface area contributed by atoms with Crippen molar-refractivity contribution in [3.63, 3.8) is 0 Å². The number of carboxylic acid groups (broad SMARTS) is 1. The topological polar surface area (TPSA) is 125 Å². The molecular formula is C24H28N2O6. The normalized spacial score (nSPS) is 15.1. The number of aliphatic hydroxyl groups is 1. The molecule has 2 aromatic rings. The van der Waals surface area contributed by atoms with Crippen LogP contribution in [-0.4, -0.2) is 53.0 Å². The van der Waals surface area contributed by atoms with Crippen LogP contribution in [0.25, 0.3) is 11.1 Å². The van der Waals surface area contributed by atoms with Crippen molar-refractivity contribution in [1.29, 1.82) is 0 Å². The number of amides is 2. The van der Waals surface area contributed by atoms with E-state index < -0.39 is 36.2 Å². The van der Waals surface area contributed by atoms with Gasteiger partial charge in [-0.25, -0.2) is 9.59 Å². The molecule has 0 aliphatic heterocycles. The molecule has 8 nitrogen and oxygen atoms in total. The summed E-state index contributed by atoms with van der Waals surface area (Å²) < 4.78 is 5.50. The molecule has 0 aromatic heterocycles. The Morgan fingerprint density at radius 3 is 2.12 bits per heavy atom. The summed E-state index contributed by atoms with van der Waals surface area (Å²) in [7, 11) is 0. The predicted molar refractivity (Wildman–Crippen MR) is 118 cm³/mol. The van der Waals surface area contributed by atoms with Gasteiger partial charge in [-0.2, -0.15) is 0 Å². The highest BCUT2D eigenvalue weighted by atomic mass is 16.5. The van der Waals surface area contributed by atoms with Crippen molar-refractivity contribution in [2.24, 2.45) is 0 Å². The van der Waals surface area contributed by atoms with E-state index in [-0.39, 0.29) is 18.9 Å². The highest BCUT2D eigenvalue weighted by molar-refractivity contribution is 5.87. The SMILES string of the molecule is CC[C@@H](CC(=O)NC(C)(CO)C(=O)O)NC(=O)OCC1c2ccccc2-c2ccccc21. The molecule has 0 saturated carbocycles. The molecule has 170 valence electrons. The maximum Gasteiger partial charge on any atom is 0.407 e. The molecule has 1 aliphatic rings. The Labute approximate surface area is 186 Å². The first kappa shape index (κ1) is 23.3. The molecular weight excluding hydrogens is 412 g/mol. The molecule has 0 bridgehead atoms. The van der Waals surface area contributed by atoms with Crippen molar-refractivity contribution in [2.75, 3.05) is 13.2 Å². The van der Waals surface area contributed by atoms with E-state index >= 15 is 0 Å². The molecule has 4 N–H and O–H groups in total. The lowest BCUT2D eigenvalue weighted by molar-refractivity contribution is -0.148. The van der Waals surface area contributed by atoms with E-state index in [0.717, 1.165) is 22.3 Å². The number of alkyl carbamates (subject to hydrolysis) is 1. The molecule has 0 radical (unpaired) electrons. The summed E-state index contributed by atoms with van der Waals surface area (Å²) in [5.74, 6) is -2.00. The number of ether oxygens (including phenoxy) is 1. The average molecular weight is 440 g/mol. The lowest BCUT2D eigenvalue weighted by atomic mass is 9.98. The van der Waals surface area contributed by atoms with Crippen molar-refractivity contribution in [3.05, 3.63) is 59.7 Å². The molecule has 1 aliphatic carbocycles. The van der Waals surface area contributed by atoms with Crippen molar-refractivity contribution >= 4 is 18.0 Å². The predicted octanol–water partition coefficient (Wildman–Crippen LogP) is 2.65. The third-order valence-corrected chi connectivity index (χ3v) is 5.79. The molecule has 32 heavy (non-hydrogen) atoms. The number of aliphatic carboxylic acids is 1. The van der Waals surface area contributed by atoms with Gasteiger partial charge in [0, 0.05) is 18.4 Å². The third kappa shape index (κ3) is 4.91. The first-order valence-electron chi connectivity index (χ1n) is 10.6. The van der Waals surface area contributed by atoms with Crippen LogP contribution in [0.3, 0.4) is 0 Å². The van der Waals surface area contributed by atoms with Crippen LogP contribution in [0.5, 0.6) is 0 Å². The van der Waals surface area contributed by atoms with Crippen molar-refractivity contribution in [1.82, 2.24) is 10.6 Å². The average Bonchev–Trinajstić information content (AvgIpc) is 3.10. The second-order valence-electron chi connectivity index (χ2n) is 8.12. The van der Waals surface area contributed by atoms with Crippen LogP contribution in [0.2, 0.25) is 0 Å². The molecule has 0 heterocycles. The van der Waals surface area contributed by atoms with E-state index in [1.807, 2.05) is 36.4 Å². The molecule has 2 atom stereocenters. The van der Waals surface area contributed by atoms with Crippen molar-refractivity contribution in [2.45, 2.75) is 44.2 Å². The summed E-state index contributed by atoms with van der Waals surface area (Å²) in [5, 5.41) is 23.4. The van der Waals surface area contributed by atoms with Gasteiger partial charge in [-0.1, -0.05) is 55.5 Å². The highest BCUT2D eigenvalue weighted by Gasteiger charge is 2.35. The van der Waals surface area contributed by atoms with E-state index in [1.165, 1.54) is 6.92 Å². The number of carbonyl (C=O) groups is 3. The Bertz CT molecular complexity index is 962. The molecule has 1 unspecified atom stereocenters. The van der Waals surface area contributed by atoms with Gasteiger partial charge < -0.3 is 25.6 Å². The second-order valence-corrected chi connectivity index (χ2v) is 8.12. The van der Waals surface area contributed by atoms with Gasteiger partial charge in [0.15, 0.2) is 5.54 Å². The van der Waals surface area contributed by atoms with Gasteiger partial charge in [0.1, 0.15) is 6.61 Å². The quantitative estimate of drug-likeness (QED) is 0.475. The van der Waals surface area contributed by atoms with Crippen LogP contribution in [0.15, 0.2) is 48.5 Å². The first-order chi connectivity index (χ1) is 15.3. The Morgan fingerprint density at radius 2 is 1.62 bits per heavy atom. The van der Waals surface area contributed by atoms with E-state index in [4.69, 9.17) is 9.84 Å². The number of hydrogen-bond acceptors (Lipinski definition) is 5. The van der Waals surface area contributed by atoms with E-state index in [1.54, 1.807) is 6.92 Å². The molecule has 0 fully saturated rings. The lowest BCUT2D eigenvalue weighted by Gasteiger charge is -2.25. The van der Waals surface area contributed by atoms with E-state index in [0.29, 0.717) is 6.42 Å². The summed E-state index contributed by atoms with van der Waals surface area (Å²) in [5.41, 5.74) is 2.69. The van der Waals surface area contributed by atoms with Gasteiger partial charge in [0.25, 0.3) is 0 Å². The Kier molecular flexibility index (Phi) is 7.15. The van der Waals surface area contributed by atoms with Gasteiger partial charge in [-0.15, -0.1) is 0 Å². The van der Waals surface area contributed by atoms with E-state index in [2.05, 4.69) is 22.8 Å².